The fourth-order valence-electron chi connectivity index (χ4n) is 1.74. The van der Waals surface area contributed by atoms with Gasteiger partial charge in [-0.05, 0) is 43.9 Å². The summed E-state index contributed by atoms with van der Waals surface area (Å²) in [5.41, 5.74) is 1.25. The van der Waals surface area contributed by atoms with Gasteiger partial charge in [0.15, 0.2) is 0 Å². The van der Waals surface area contributed by atoms with E-state index < -0.39 is 0 Å². The largest absolute Gasteiger partial charge is 0.497 e. The zero-order valence-electron chi connectivity index (χ0n) is 11.2. The summed E-state index contributed by atoms with van der Waals surface area (Å²) in [6, 6.07) is 8.07. The Bertz CT molecular complexity index is 394. The van der Waals surface area contributed by atoms with Crippen LogP contribution in [0.4, 0.5) is 0 Å². The van der Waals surface area contributed by atoms with Crippen LogP contribution in [0.1, 0.15) is 25.3 Å². The number of hydrogen-bond acceptors (Lipinski definition) is 2. The molecule has 1 atom stereocenters. The molecule has 0 radical (unpaired) electrons. The van der Waals surface area contributed by atoms with Gasteiger partial charge in [0.25, 0.3) is 0 Å². The molecule has 0 aromatic heterocycles. The molecule has 0 unspecified atom stereocenters. The van der Waals surface area contributed by atoms with Crippen molar-refractivity contribution in [1.82, 2.24) is 0 Å². The van der Waals surface area contributed by atoms with E-state index in [9.17, 15) is 5.11 Å². The minimum atomic E-state index is -0.355. The maximum atomic E-state index is 9.71. The third kappa shape index (κ3) is 5.69. The number of methoxy groups -OCH3 is 1. The highest BCUT2D eigenvalue weighted by Crippen LogP contribution is 2.15. The Hall–Kier alpha value is -1.54. The highest BCUT2D eigenvalue weighted by atomic mass is 16.5. The van der Waals surface area contributed by atoms with Crippen LogP contribution in [0.2, 0.25) is 0 Å². The van der Waals surface area contributed by atoms with Crippen LogP contribution < -0.4 is 4.74 Å². The van der Waals surface area contributed by atoms with E-state index in [4.69, 9.17) is 4.74 Å². The summed E-state index contributed by atoms with van der Waals surface area (Å²) < 4.78 is 5.18. The second-order valence-electron chi connectivity index (χ2n) is 4.22. The minimum Gasteiger partial charge on any atom is -0.497 e. The van der Waals surface area contributed by atoms with Gasteiger partial charge in [0.2, 0.25) is 0 Å². The molecule has 1 N–H and O–H groups in total. The van der Waals surface area contributed by atoms with E-state index in [0.29, 0.717) is 0 Å². The van der Waals surface area contributed by atoms with Crippen molar-refractivity contribution in [1.29, 1.82) is 0 Å². The van der Waals surface area contributed by atoms with Crippen molar-refractivity contribution in [2.75, 3.05) is 7.11 Å². The molecule has 18 heavy (non-hydrogen) atoms. The van der Waals surface area contributed by atoms with E-state index >= 15 is 0 Å². The second-order valence-corrected chi connectivity index (χ2v) is 4.22. The lowest BCUT2D eigenvalue weighted by molar-refractivity contribution is 0.209. The van der Waals surface area contributed by atoms with Crippen molar-refractivity contribution in [2.45, 2.75) is 32.3 Å². The Morgan fingerprint density at radius 3 is 2.89 bits per heavy atom. The third-order valence-electron chi connectivity index (χ3n) is 2.74. The van der Waals surface area contributed by atoms with Crippen LogP contribution in [0.3, 0.4) is 0 Å². The van der Waals surface area contributed by atoms with Crippen LogP contribution >= 0.6 is 0 Å². The highest BCUT2D eigenvalue weighted by Gasteiger charge is 2.00. The normalized spacial score (nSPS) is 13.3. The lowest BCUT2D eigenvalue weighted by atomic mass is 10.1. The lowest BCUT2D eigenvalue weighted by Crippen LogP contribution is -2.02. The number of hydrogen-bond donors (Lipinski definition) is 1. The van der Waals surface area contributed by atoms with E-state index in [2.05, 4.69) is 6.07 Å². The maximum absolute atomic E-state index is 9.71. The second kappa shape index (κ2) is 8.54. The monoisotopic (exact) mass is 246 g/mol. The van der Waals surface area contributed by atoms with Crippen molar-refractivity contribution in [2.24, 2.45) is 0 Å². The van der Waals surface area contributed by atoms with Gasteiger partial charge in [0.05, 0.1) is 13.2 Å². The SMILES string of the molecule is C/C=C/C=C/[C@H](O)CCCc1cccc(OC)c1. The highest BCUT2D eigenvalue weighted by molar-refractivity contribution is 5.28. The number of aryl methyl sites for hydroxylation is 1. The summed E-state index contributed by atoms with van der Waals surface area (Å²) in [6.07, 6.45) is 9.93. The van der Waals surface area contributed by atoms with Crippen molar-refractivity contribution < 1.29 is 9.84 Å². The predicted molar refractivity (Wildman–Crippen MR) is 75.9 cm³/mol. The number of benzene rings is 1. The van der Waals surface area contributed by atoms with Gasteiger partial charge >= 0.3 is 0 Å². The molecule has 1 rings (SSSR count). The van der Waals surface area contributed by atoms with Gasteiger partial charge in [-0.15, -0.1) is 0 Å². The van der Waals surface area contributed by atoms with Gasteiger partial charge in [-0.1, -0.05) is 36.4 Å². The van der Waals surface area contributed by atoms with Crippen molar-refractivity contribution in [3.8, 4) is 5.75 Å². The van der Waals surface area contributed by atoms with Crippen LogP contribution in [0, 0.1) is 0 Å². The molecule has 1 aromatic rings. The molecule has 0 aliphatic rings. The Labute approximate surface area is 110 Å². The van der Waals surface area contributed by atoms with E-state index in [-0.39, 0.29) is 6.10 Å². The average Bonchev–Trinajstić information content (AvgIpc) is 2.39. The Morgan fingerprint density at radius 2 is 2.17 bits per heavy atom. The van der Waals surface area contributed by atoms with E-state index in [1.165, 1.54) is 5.56 Å². The topological polar surface area (TPSA) is 29.5 Å². The number of allylic oxidation sites excluding steroid dienone is 3. The molecule has 0 saturated carbocycles. The summed E-state index contributed by atoms with van der Waals surface area (Å²) in [4.78, 5) is 0. The van der Waals surface area contributed by atoms with E-state index in [1.807, 2.05) is 49.4 Å². The van der Waals surface area contributed by atoms with Crippen molar-refractivity contribution >= 4 is 0 Å². The van der Waals surface area contributed by atoms with Crippen LogP contribution in [-0.4, -0.2) is 18.3 Å². The fraction of sp³-hybridized carbons (Fsp3) is 0.375. The van der Waals surface area contributed by atoms with Gasteiger partial charge < -0.3 is 9.84 Å². The molecule has 0 heterocycles. The Balaban J connectivity index is 2.32. The maximum Gasteiger partial charge on any atom is 0.119 e. The zero-order valence-corrected chi connectivity index (χ0v) is 11.2. The summed E-state index contributed by atoms with van der Waals surface area (Å²) in [7, 11) is 1.68. The molecule has 2 heteroatoms. The van der Waals surface area contributed by atoms with Crippen LogP contribution in [-0.2, 0) is 6.42 Å². The standard InChI is InChI=1S/C16H22O2/c1-3-4-5-10-15(17)11-6-8-14-9-7-12-16(13-14)18-2/h3-5,7,9-10,12-13,15,17H,6,8,11H2,1-2H3/b4-3+,10-5+/t15-/m0/s1. The molecule has 0 aliphatic carbocycles. The number of aliphatic hydroxyl groups excluding tert-OH is 1. The molecule has 0 spiro atoms. The van der Waals surface area contributed by atoms with Gasteiger partial charge in [0.1, 0.15) is 5.75 Å². The molecule has 0 saturated heterocycles. The average molecular weight is 246 g/mol. The Kier molecular flexibility index (Phi) is 6.89. The van der Waals surface area contributed by atoms with Crippen molar-refractivity contribution in [3.05, 3.63) is 54.1 Å². The van der Waals surface area contributed by atoms with Gasteiger partial charge in [-0.25, -0.2) is 0 Å². The van der Waals surface area contributed by atoms with Crippen molar-refractivity contribution in [3.63, 3.8) is 0 Å². The zero-order chi connectivity index (χ0) is 13.2. The Morgan fingerprint density at radius 1 is 1.33 bits per heavy atom. The predicted octanol–water partition coefficient (Wildman–Crippen LogP) is 3.51. The van der Waals surface area contributed by atoms with Gasteiger partial charge in [-0.2, -0.15) is 0 Å². The van der Waals surface area contributed by atoms with Crippen LogP contribution in [0.5, 0.6) is 5.75 Å². The molecule has 0 bridgehead atoms. The van der Waals surface area contributed by atoms with Crippen LogP contribution in [0.15, 0.2) is 48.6 Å². The first-order valence-electron chi connectivity index (χ1n) is 6.36. The molecular formula is C16H22O2. The summed E-state index contributed by atoms with van der Waals surface area (Å²) >= 11 is 0. The molecule has 1 aromatic carbocycles. The smallest absolute Gasteiger partial charge is 0.119 e. The number of ether oxygens (including phenoxy) is 1. The molecule has 0 aliphatic heterocycles. The summed E-state index contributed by atoms with van der Waals surface area (Å²) in [6.45, 7) is 1.96. The summed E-state index contributed by atoms with van der Waals surface area (Å²) in [5.74, 6) is 0.890. The first-order chi connectivity index (χ1) is 8.76. The lowest BCUT2D eigenvalue weighted by Gasteiger charge is -2.06. The number of rotatable bonds is 7. The molecule has 2 nitrogen and oxygen atoms in total. The first kappa shape index (κ1) is 14.5. The first-order valence-corrected chi connectivity index (χ1v) is 6.36. The number of aliphatic hydroxyl groups is 1. The summed E-state index contributed by atoms with van der Waals surface area (Å²) in [5, 5.41) is 9.71. The van der Waals surface area contributed by atoms with Gasteiger partial charge in [0, 0.05) is 0 Å². The van der Waals surface area contributed by atoms with Crippen LogP contribution in [0.25, 0.3) is 0 Å². The van der Waals surface area contributed by atoms with E-state index in [1.54, 1.807) is 7.11 Å². The third-order valence-corrected chi connectivity index (χ3v) is 2.74. The fourth-order valence-corrected chi connectivity index (χ4v) is 1.74. The minimum absolute atomic E-state index is 0.355. The molecule has 0 fully saturated rings. The van der Waals surface area contributed by atoms with Gasteiger partial charge in [-0.3, -0.25) is 0 Å². The van der Waals surface area contributed by atoms with E-state index in [0.717, 1.165) is 25.0 Å². The molecular weight excluding hydrogens is 224 g/mol. The molecule has 98 valence electrons. The quantitative estimate of drug-likeness (QED) is 0.746. The molecule has 0 amide bonds.